The summed E-state index contributed by atoms with van der Waals surface area (Å²) in [5, 5.41) is 3.25. The van der Waals surface area contributed by atoms with E-state index in [0.717, 1.165) is 31.9 Å². The average Bonchev–Trinajstić information content (AvgIpc) is 2.53. The maximum Gasteiger partial charge on any atom is 0.119 e. The zero-order chi connectivity index (χ0) is 14.8. The molecule has 0 aliphatic heterocycles. The Balaban J connectivity index is 1.72. The summed E-state index contributed by atoms with van der Waals surface area (Å²) in [6.45, 7) is 3.08. The lowest BCUT2D eigenvalue weighted by Crippen LogP contribution is -2.24. The Morgan fingerprint density at radius 2 is 1.48 bits per heavy atom. The van der Waals surface area contributed by atoms with Crippen LogP contribution in [0.15, 0.2) is 54.6 Å². The fourth-order valence-electron chi connectivity index (χ4n) is 2.08. The van der Waals surface area contributed by atoms with E-state index in [4.69, 9.17) is 9.47 Å². The second-order valence-corrected chi connectivity index (χ2v) is 4.90. The molecule has 0 aliphatic rings. The smallest absolute Gasteiger partial charge is 0.119 e. The predicted molar refractivity (Wildman–Crippen MR) is 85.9 cm³/mol. The highest BCUT2D eigenvalue weighted by Crippen LogP contribution is 2.15. The van der Waals surface area contributed by atoms with Gasteiger partial charge in [0.1, 0.15) is 12.4 Å². The molecule has 0 amide bonds. The highest BCUT2D eigenvalue weighted by atomic mass is 16.5. The van der Waals surface area contributed by atoms with Crippen molar-refractivity contribution < 1.29 is 9.47 Å². The van der Waals surface area contributed by atoms with Crippen LogP contribution in [0.4, 0.5) is 0 Å². The molecule has 0 unspecified atom stereocenters. The first-order valence-electron chi connectivity index (χ1n) is 7.34. The van der Waals surface area contributed by atoms with Gasteiger partial charge in [-0.15, -0.1) is 0 Å². The SMILES string of the molecule is COCCNCCOc1ccc(Cc2ccccc2)cc1. The van der Waals surface area contributed by atoms with E-state index >= 15 is 0 Å². The minimum atomic E-state index is 0.668. The molecule has 0 radical (unpaired) electrons. The van der Waals surface area contributed by atoms with Gasteiger partial charge in [0.05, 0.1) is 6.61 Å². The summed E-state index contributed by atoms with van der Waals surface area (Å²) in [5.41, 5.74) is 2.63. The van der Waals surface area contributed by atoms with Crippen LogP contribution in [0.3, 0.4) is 0 Å². The number of hydrogen-bond acceptors (Lipinski definition) is 3. The van der Waals surface area contributed by atoms with Crippen LogP contribution >= 0.6 is 0 Å². The van der Waals surface area contributed by atoms with Crippen LogP contribution in [0.25, 0.3) is 0 Å². The summed E-state index contributed by atoms with van der Waals surface area (Å²) in [4.78, 5) is 0. The molecule has 1 N–H and O–H groups in total. The molecule has 112 valence electrons. The molecule has 3 heteroatoms. The van der Waals surface area contributed by atoms with Gasteiger partial charge in [-0.3, -0.25) is 0 Å². The minimum absolute atomic E-state index is 0.668. The Hall–Kier alpha value is -1.84. The third kappa shape index (κ3) is 5.98. The first-order valence-corrected chi connectivity index (χ1v) is 7.34. The fourth-order valence-corrected chi connectivity index (χ4v) is 2.08. The molecule has 0 saturated carbocycles. The molecule has 21 heavy (non-hydrogen) atoms. The van der Waals surface area contributed by atoms with E-state index in [1.807, 2.05) is 18.2 Å². The van der Waals surface area contributed by atoms with Crippen molar-refractivity contribution in [1.29, 1.82) is 0 Å². The molecule has 2 aromatic rings. The summed E-state index contributed by atoms with van der Waals surface area (Å²) in [7, 11) is 1.70. The van der Waals surface area contributed by atoms with Gasteiger partial charge >= 0.3 is 0 Å². The standard InChI is InChI=1S/C18H23NO2/c1-20-13-11-19-12-14-21-18-9-7-17(8-10-18)15-16-5-3-2-4-6-16/h2-10,19H,11-15H2,1H3. The second kappa shape index (κ2) is 9.16. The molecule has 0 heterocycles. The molecule has 0 saturated heterocycles. The van der Waals surface area contributed by atoms with Crippen molar-refractivity contribution in [2.75, 3.05) is 33.4 Å². The van der Waals surface area contributed by atoms with Gasteiger partial charge in [-0.05, 0) is 29.7 Å². The summed E-state index contributed by atoms with van der Waals surface area (Å²) >= 11 is 0. The van der Waals surface area contributed by atoms with Crippen molar-refractivity contribution in [2.45, 2.75) is 6.42 Å². The summed E-state index contributed by atoms with van der Waals surface area (Å²) in [6.07, 6.45) is 0.958. The van der Waals surface area contributed by atoms with E-state index in [-0.39, 0.29) is 0 Å². The monoisotopic (exact) mass is 285 g/mol. The van der Waals surface area contributed by atoms with Gasteiger partial charge in [-0.2, -0.15) is 0 Å². The van der Waals surface area contributed by atoms with E-state index in [2.05, 4.69) is 41.7 Å². The molecule has 0 aromatic heterocycles. The molecule has 2 aromatic carbocycles. The van der Waals surface area contributed by atoms with E-state index < -0.39 is 0 Å². The van der Waals surface area contributed by atoms with E-state index in [9.17, 15) is 0 Å². The Morgan fingerprint density at radius 1 is 0.810 bits per heavy atom. The zero-order valence-electron chi connectivity index (χ0n) is 12.5. The van der Waals surface area contributed by atoms with Crippen molar-refractivity contribution >= 4 is 0 Å². The molecule has 0 aliphatic carbocycles. The van der Waals surface area contributed by atoms with Gasteiger partial charge in [0.25, 0.3) is 0 Å². The number of nitrogens with one attached hydrogen (secondary N) is 1. The van der Waals surface area contributed by atoms with E-state index in [0.29, 0.717) is 6.61 Å². The number of hydrogen-bond donors (Lipinski definition) is 1. The maximum absolute atomic E-state index is 5.69. The summed E-state index contributed by atoms with van der Waals surface area (Å²) < 4.78 is 10.7. The van der Waals surface area contributed by atoms with Crippen LogP contribution in [0.2, 0.25) is 0 Å². The molecule has 2 rings (SSSR count). The van der Waals surface area contributed by atoms with Crippen LogP contribution in [-0.2, 0) is 11.2 Å². The maximum atomic E-state index is 5.69. The third-order valence-corrected chi connectivity index (χ3v) is 3.20. The first-order chi connectivity index (χ1) is 10.4. The minimum Gasteiger partial charge on any atom is -0.492 e. The van der Waals surface area contributed by atoms with Gasteiger partial charge in [0, 0.05) is 20.2 Å². The molecule has 0 fully saturated rings. The highest BCUT2D eigenvalue weighted by Gasteiger charge is 1.97. The first kappa shape index (κ1) is 15.5. The van der Waals surface area contributed by atoms with Crippen molar-refractivity contribution in [1.82, 2.24) is 5.32 Å². The van der Waals surface area contributed by atoms with Crippen molar-refractivity contribution in [3.05, 3.63) is 65.7 Å². The zero-order valence-corrected chi connectivity index (χ0v) is 12.5. The Kier molecular flexibility index (Phi) is 6.78. The predicted octanol–water partition coefficient (Wildman–Crippen LogP) is 2.89. The molecule has 0 atom stereocenters. The van der Waals surface area contributed by atoms with Crippen LogP contribution in [0.1, 0.15) is 11.1 Å². The number of benzene rings is 2. The molecule has 0 spiro atoms. The highest BCUT2D eigenvalue weighted by molar-refractivity contribution is 5.31. The van der Waals surface area contributed by atoms with Gasteiger partial charge in [0.15, 0.2) is 0 Å². The van der Waals surface area contributed by atoms with Crippen molar-refractivity contribution in [3.63, 3.8) is 0 Å². The number of rotatable bonds is 9. The lowest BCUT2D eigenvalue weighted by Gasteiger charge is -2.08. The summed E-state index contributed by atoms with van der Waals surface area (Å²) in [6, 6.07) is 18.8. The van der Waals surface area contributed by atoms with E-state index in [1.54, 1.807) is 7.11 Å². The summed E-state index contributed by atoms with van der Waals surface area (Å²) in [5.74, 6) is 0.917. The molecule has 0 bridgehead atoms. The lowest BCUT2D eigenvalue weighted by atomic mass is 10.1. The number of ether oxygens (including phenoxy) is 2. The Morgan fingerprint density at radius 3 is 2.19 bits per heavy atom. The van der Waals surface area contributed by atoms with Gasteiger partial charge < -0.3 is 14.8 Å². The average molecular weight is 285 g/mol. The topological polar surface area (TPSA) is 30.5 Å². The van der Waals surface area contributed by atoms with Crippen LogP contribution in [-0.4, -0.2) is 33.4 Å². The van der Waals surface area contributed by atoms with Crippen molar-refractivity contribution in [3.8, 4) is 5.75 Å². The molecular weight excluding hydrogens is 262 g/mol. The largest absolute Gasteiger partial charge is 0.492 e. The van der Waals surface area contributed by atoms with Crippen LogP contribution in [0.5, 0.6) is 5.75 Å². The second-order valence-electron chi connectivity index (χ2n) is 4.90. The van der Waals surface area contributed by atoms with Gasteiger partial charge in [-0.25, -0.2) is 0 Å². The normalized spacial score (nSPS) is 10.5. The van der Waals surface area contributed by atoms with E-state index in [1.165, 1.54) is 11.1 Å². The van der Waals surface area contributed by atoms with Crippen LogP contribution < -0.4 is 10.1 Å². The number of methoxy groups -OCH3 is 1. The van der Waals surface area contributed by atoms with Gasteiger partial charge in [-0.1, -0.05) is 42.5 Å². The lowest BCUT2D eigenvalue weighted by molar-refractivity contribution is 0.197. The quantitative estimate of drug-likeness (QED) is 0.719. The fraction of sp³-hybridized carbons (Fsp3) is 0.333. The molecular formula is C18H23NO2. The Labute approximate surface area is 126 Å². The van der Waals surface area contributed by atoms with Crippen molar-refractivity contribution in [2.24, 2.45) is 0 Å². The Bertz CT molecular complexity index is 496. The molecule has 3 nitrogen and oxygen atoms in total. The van der Waals surface area contributed by atoms with Crippen LogP contribution in [0, 0.1) is 0 Å². The third-order valence-electron chi connectivity index (χ3n) is 3.20. The van der Waals surface area contributed by atoms with Gasteiger partial charge in [0.2, 0.25) is 0 Å².